The Balaban J connectivity index is 1.94. The molecule has 2 aliphatic rings. The molecule has 5 heteroatoms. The van der Waals surface area contributed by atoms with Crippen LogP contribution in [0.2, 0.25) is 0 Å². The van der Waals surface area contributed by atoms with Crippen molar-refractivity contribution in [3.05, 3.63) is 0 Å². The normalized spacial score (nSPS) is 30.5. The Bertz CT molecular complexity index is 389. The Morgan fingerprint density at radius 2 is 1.95 bits per heavy atom. The molecule has 1 aliphatic heterocycles. The number of nitrogens with one attached hydrogen (secondary N) is 2. The van der Waals surface area contributed by atoms with Crippen LogP contribution in [0.4, 0.5) is 0 Å². The number of carbonyl (C=O) groups excluding carboxylic acids is 1. The van der Waals surface area contributed by atoms with Crippen LogP contribution in [0.15, 0.2) is 0 Å². The number of carboxylic acids is 1. The first kappa shape index (κ1) is 16.3. The lowest BCUT2D eigenvalue weighted by atomic mass is 9.84. The molecule has 5 nitrogen and oxygen atoms in total. The topological polar surface area (TPSA) is 78.4 Å². The second kappa shape index (κ2) is 6.34. The van der Waals surface area contributed by atoms with Crippen molar-refractivity contribution in [3.63, 3.8) is 0 Å². The molecule has 120 valence electrons. The zero-order valence-electron chi connectivity index (χ0n) is 13.3. The number of carbonyl (C=O) groups is 2. The summed E-state index contributed by atoms with van der Waals surface area (Å²) in [4.78, 5) is 23.5. The van der Waals surface area contributed by atoms with Crippen molar-refractivity contribution in [1.29, 1.82) is 0 Å². The van der Waals surface area contributed by atoms with Gasteiger partial charge >= 0.3 is 5.97 Å². The highest BCUT2D eigenvalue weighted by molar-refractivity contribution is 5.83. The molecule has 0 bridgehead atoms. The molecule has 1 saturated heterocycles. The van der Waals surface area contributed by atoms with E-state index in [2.05, 4.69) is 10.6 Å². The zero-order valence-corrected chi connectivity index (χ0v) is 13.3. The number of aliphatic carboxylic acids is 1. The zero-order chi connectivity index (χ0) is 15.6. The minimum absolute atomic E-state index is 0.0329. The van der Waals surface area contributed by atoms with E-state index in [-0.39, 0.29) is 29.8 Å². The third kappa shape index (κ3) is 4.19. The number of carboxylic acid groups (broad SMARTS) is 1. The second-order valence-electron chi connectivity index (χ2n) is 7.63. The first-order valence-electron chi connectivity index (χ1n) is 8.05. The summed E-state index contributed by atoms with van der Waals surface area (Å²) in [5, 5.41) is 15.4. The molecule has 0 aromatic heterocycles. The van der Waals surface area contributed by atoms with E-state index in [4.69, 9.17) is 5.11 Å². The molecule has 0 aromatic rings. The van der Waals surface area contributed by atoms with E-state index in [9.17, 15) is 9.59 Å². The summed E-state index contributed by atoms with van der Waals surface area (Å²) in [6, 6.07) is -0.0225. The van der Waals surface area contributed by atoms with Gasteiger partial charge in [-0.3, -0.25) is 9.59 Å². The van der Waals surface area contributed by atoms with E-state index in [1.165, 1.54) is 19.3 Å². The lowest BCUT2D eigenvalue weighted by Gasteiger charge is -2.31. The standard InChI is InChI=1S/C16H28N2O3/c1-16(2,3)13(9-14(19)20)18-15(21)12-8-10-6-4-5-7-11(10)17-12/h10-13,17H,4-9H2,1-3H3,(H,18,21)(H,19,20). The summed E-state index contributed by atoms with van der Waals surface area (Å²) in [5.74, 6) is -0.295. The van der Waals surface area contributed by atoms with E-state index in [1.54, 1.807) is 0 Å². The lowest BCUT2D eigenvalue weighted by Crippen LogP contribution is -2.51. The second-order valence-corrected chi connectivity index (χ2v) is 7.63. The van der Waals surface area contributed by atoms with Gasteiger partial charge in [-0.15, -0.1) is 0 Å². The lowest BCUT2D eigenvalue weighted by molar-refractivity contribution is -0.138. The van der Waals surface area contributed by atoms with E-state index in [0.29, 0.717) is 12.0 Å². The fraction of sp³-hybridized carbons (Fsp3) is 0.875. The summed E-state index contributed by atoms with van der Waals surface area (Å²) < 4.78 is 0. The minimum atomic E-state index is -0.872. The SMILES string of the molecule is CC(C)(C)C(CC(=O)O)NC(=O)C1CC2CCCCC2N1. The molecule has 1 aliphatic carbocycles. The largest absolute Gasteiger partial charge is 0.481 e. The van der Waals surface area contributed by atoms with E-state index in [1.807, 2.05) is 20.8 Å². The van der Waals surface area contributed by atoms with Crippen LogP contribution >= 0.6 is 0 Å². The van der Waals surface area contributed by atoms with Gasteiger partial charge in [0, 0.05) is 12.1 Å². The van der Waals surface area contributed by atoms with Gasteiger partial charge in [-0.25, -0.2) is 0 Å². The summed E-state index contributed by atoms with van der Waals surface area (Å²) >= 11 is 0. The van der Waals surface area contributed by atoms with Gasteiger partial charge < -0.3 is 15.7 Å². The number of hydrogen-bond donors (Lipinski definition) is 3. The van der Waals surface area contributed by atoms with Gasteiger partial charge in [0.15, 0.2) is 0 Å². The van der Waals surface area contributed by atoms with Crippen LogP contribution in [-0.4, -0.2) is 35.1 Å². The minimum Gasteiger partial charge on any atom is -0.481 e. The van der Waals surface area contributed by atoms with E-state index < -0.39 is 5.97 Å². The summed E-state index contributed by atoms with van der Waals surface area (Å²) in [7, 11) is 0. The van der Waals surface area contributed by atoms with Crippen molar-refractivity contribution in [2.75, 3.05) is 0 Å². The van der Waals surface area contributed by atoms with Gasteiger partial charge in [0.25, 0.3) is 0 Å². The molecule has 0 spiro atoms. The third-order valence-electron chi connectivity index (χ3n) is 4.92. The quantitative estimate of drug-likeness (QED) is 0.740. The third-order valence-corrected chi connectivity index (χ3v) is 4.92. The van der Waals surface area contributed by atoms with E-state index >= 15 is 0 Å². The number of rotatable bonds is 4. The van der Waals surface area contributed by atoms with Crippen molar-refractivity contribution in [3.8, 4) is 0 Å². The number of hydrogen-bond acceptors (Lipinski definition) is 3. The average molecular weight is 296 g/mol. The highest BCUT2D eigenvalue weighted by Crippen LogP contribution is 2.33. The predicted octanol–water partition coefficient (Wildman–Crippen LogP) is 1.91. The van der Waals surface area contributed by atoms with Gasteiger partial charge in [-0.1, -0.05) is 33.6 Å². The van der Waals surface area contributed by atoms with Crippen LogP contribution in [0.25, 0.3) is 0 Å². The van der Waals surface area contributed by atoms with Crippen molar-refractivity contribution in [1.82, 2.24) is 10.6 Å². The summed E-state index contributed by atoms with van der Waals surface area (Å²) in [6.45, 7) is 5.88. The summed E-state index contributed by atoms with van der Waals surface area (Å²) in [5.41, 5.74) is -0.264. The Morgan fingerprint density at radius 3 is 2.52 bits per heavy atom. The molecule has 1 amide bonds. The van der Waals surface area contributed by atoms with Crippen LogP contribution in [0, 0.1) is 11.3 Å². The first-order chi connectivity index (χ1) is 9.77. The maximum absolute atomic E-state index is 12.5. The van der Waals surface area contributed by atoms with Gasteiger partial charge in [0.05, 0.1) is 12.5 Å². The van der Waals surface area contributed by atoms with Crippen molar-refractivity contribution in [2.45, 2.75) is 77.4 Å². The van der Waals surface area contributed by atoms with Gasteiger partial charge in [0.1, 0.15) is 0 Å². The molecular formula is C16H28N2O3. The van der Waals surface area contributed by atoms with Crippen molar-refractivity contribution in [2.24, 2.45) is 11.3 Å². The monoisotopic (exact) mass is 296 g/mol. The van der Waals surface area contributed by atoms with Crippen LogP contribution in [0.1, 0.15) is 59.3 Å². The Kier molecular flexibility index (Phi) is 4.91. The molecule has 2 fully saturated rings. The Hall–Kier alpha value is -1.10. The smallest absolute Gasteiger partial charge is 0.305 e. The molecule has 4 unspecified atom stereocenters. The number of fused-ring (bicyclic) bond motifs is 1. The maximum atomic E-state index is 12.5. The van der Waals surface area contributed by atoms with Crippen LogP contribution in [-0.2, 0) is 9.59 Å². The predicted molar refractivity (Wildman–Crippen MR) is 80.9 cm³/mol. The molecule has 0 aromatic carbocycles. The fourth-order valence-electron chi connectivity index (χ4n) is 3.54. The Morgan fingerprint density at radius 1 is 1.29 bits per heavy atom. The average Bonchev–Trinajstić information content (AvgIpc) is 2.80. The first-order valence-corrected chi connectivity index (χ1v) is 8.05. The molecule has 1 heterocycles. The van der Waals surface area contributed by atoms with Gasteiger partial charge in [0.2, 0.25) is 5.91 Å². The van der Waals surface area contributed by atoms with Crippen LogP contribution in [0.5, 0.6) is 0 Å². The Labute approximate surface area is 126 Å². The van der Waals surface area contributed by atoms with Crippen molar-refractivity contribution >= 4 is 11.9 Å². The molecule has 21 heavy (non-hydrogen) atoms. The van der Waals surface area contributed by atoms with Crippen LogP contribution < -0.4 is 10.6 Å². The molecule has 0 radical (unpaired) electrons. The number of amides is 1. The molecule has 3 N–H and O–H groups in total. The molecule has 2 rings (SSSR count). The van der Waals surface area contributed by atoms with E-state index in [0.717, 1.165) is 12.8 Å². The summed E-state index contributed by atoms with van der Waals surface area (Å²) in [6.07, 6.45) is 5.73. The van der Waals surface area contributed by atoms with Crippen LogP contribution in [0.3, 0.4) is 0 Å². The van der Waals surface area contributed by atoms with Crippen molar-refractivity contribution < 1.29 is 14.7 Å². The van der Waals surface area contributed by atoms with Gasteiger partial charge in [-0.2, -0.15) is 0 Å². The van der Waals surface area contributed by atoms with Gasteiger partial charge in [-0.05, 0) is 30.6 Å². The molecule has 1 saturated carbocycles. The highest BCUT2D eigenvalue weighted by Gasteiger charge is 2.39. The fourth-order valence-corrected chi connectivity index (χ4v) is 3.54. The molecule has 4 atom stereocenters. The highest BCUT2D eigenvalue weighted by atomic mass is 16.4. The maximum Gasteiger partial charge on any atom is 0.305 e. The molecular weight excluding hydrogens is 268 g/mol.